The third-order valence-corrected chi connectivity index (χ3v) is 2.33. The third-order valence-electron chi connectivity index (χ3n) is 2.33. The van der Waals surface area contributed by atoms with Crippen LogP contribution in [-0.4, -0.2) is 31.0 Å². The van der Waals surface area contributed by atoms with E-state index in [1.54, 1.807) is 6.92 Å². The summed E-state index contributed by atoms with van der Waals surface area (Å²) in [7, 11) is 1.14. The first-order valence-electron chi connectivity index (χ1n) is 5.99. The largest absolute Gasteiger partial charge is 0.573 e. The molecule has 0 saturated heterocycles. The molecule has 6 nitrogen and oxygen atoms in total. The number of pyridine rings is 1. The van der Waals surface area contributed by atoms with Crippen molar-refractivity contribution < 1.29 is 32.2 Å². The van der Waals surface area contributed by atoms with Gasteiger partial charge in [-0.2, -0.15) is 0 Å². The molecule has 2 N–H and O–H groups in total. The van der Waals surface area contributed by atoms with E-state index in [-0.39, 0.29) is 24.4 Å². The smallest absolute Gasteiger partial charge is 0.478 e. The summed E-state index contributed by atoms with van der Waals surface area (Å²) in [6.07, 6.45) is -5.35. The van der Waals surface area contributed by atoms with Crippen LogP contribution in [-0.2, 0) is 22.5 Å². The van der Waals surface area contributed by atoms with Gasteiger partial charge in [-0.05, 0) is 13.0 Å². The SMILES string of the molecule is CCOC(=O)Cc1cc(CN)nc(OC)c1OC(F)(F)F. The summed E-state index contributed by atoms with van der Waals surface area (Å²) in [6.45, 7) is 1.67. The molecule has 0 bridgehead atoms. The number of esters is 1. The molecule has 1 rings (SSSR count). The van der Waals surface area contributed by atoms with Crippen molar-refractivity contribution in [2.24, 2.45) is 5.73 Å². The number of hydrogen-bond donors (Lipinski definition) is 1. The summed E-state index contributed by atoms with van der Waals surface area (Å²) in [5.74, 6) is -1.76. The summed E-state index contributed by atoms with van der Waals surface area (Å²) in [5.41, 5.74) is 5.62. The number of nitrogens with zero attached hydrogens (tertiary/aromatic N) is 1. The van der Waals surface area contributed by atoms with E-state index in [0.717, 1.165) is 7.11 Å². The first-order valence-corrected chi connectivity index (χ1v) is 5.99. The van der Waals surface area contributed by atoms with Crippen LogP contribution >= 0.6 is 0 Å². The van der Waals surface area contributed by atoms with Crippen molar-refractivity contribution >= 4 is 5.97 Å². The lowest BCUT2D eigenvalue weighted by molar-refractivity contribution is -0.275. The van der Waals surface area contributed by atoms with E-state index in [2.05, 4.69) is 9.72 Å². The van der Waals surface area contributed by atoms with Crippen LogP contribution in [0, 0.1) is 0 Å². The summed E-state index contributed by atoms with van der Waals surface area (Å²) in [5, 5.41) is 0. The predicted molar refractivity (Wildman–Crippen MR) is 65.7 cm³/mol. The number of hydrogen-bond acceptors (Lipinski definition) is 6. The van der Waals surface area contributed by atoms with Crippen LogP contribution in [0.2, 0.25) is 0 Å². The molecule has 0 radical (unpaired) electrons. The lowest BCUT2D eigenvalue weighted by Gasteiger charge is -2.16. The minimum absolute atomic E-state index is 0.0293. The van der Waals surface area contributed by atoms with E-state index >= 15 is 0 Å². The van der Waals surface area contributed by atoms with Crippen LogP contribution in [0.3, 0.4) is 0 Å². The van der Waals surface area contributed by atoms with Gasteiger partial charge in [-0.25, -0.2) is 4.98 Å². The van der Waals surface area contributed by atoms with Crippen molar-refractivity contribution in [3.8, 4) is 11.6 Å². The molecular weight excluding hydrogens is 293 g/mol. The van der Waals surface area contributed by atoms with Crippen molar-refractivity contribution in [3.05, 3.63) is 17.3 Å². The number of halogens is 3. The molecule has 0 aliphatic rings. The maximum absolute atomic E-state index is 12.5. The number of alkyl halides is 3. The highest BCUT2D eigenvalue weighted by molar-refractivity contribution is 5.74. The fourth-order valence-corrected chi connectivity index (χ4v) is 1.58. The Morgan fingerprint density at radius 1 is 1.43 bits per heavy atom. The van der Waals surface area contributed by atoms with Crippen LogP contribution in [0.25, 0.3) is 0 Å². The number of nitrogens with two attached hydrogens (primary N) is 1. The average molecular weight is 308 g/mol. The molecule has 0 unspecified atom stereocenters. The second-order valence-electron chi connectivity index (χ2n) is 3.84. The zero-order valence-corrected chi connectivity index (χ0v) is 11.5. The fraction of sp³-hybridized carbons (Fsp3) is 0.500. The first kappa shape index (κ1) is 17.0. The molecule has 0 aromatic carbocycles. The number of rotatable bonds is 6. The van der Waals surface area contributed by atoms with Gasteiger partial charge < -0.3 is 19.9 Å². The minimum Gasteiger partial charge on any atom is -0.478 e. The van der Waals surface area contributed by atoms with E-state index in [9.17, 15) is 18.0 Å². The van der Waals surface area contributed by atoms with Crippen molar-refractivity contribution in [1.82, 2.24) is 4.98 Å². The molecule has 0 amide bonds. The maximum Gasteiger partial charge on any atom is 0.573 e. The van der Waals surface area contributed by atoms with E-state index in [4.69, 9.17) is 15.2 Å². The molecule has 9 heteroatoms. The molecule has 0 fully saturated rings. The number of methoxy groups -OCH3 is 1. The van der Waals surface area contributed by atoms with E-state index in [1.807, 2.05) is 0 Å². The Labute approximate surface area is 119 Å². The van der Waals surface area contributed by atoms with Gasteiger partial charge in [0.2, 0.25) is 0 Å². The van der Waals surface area contributed by atoms with Gasteiger partial charge in [0.25, 0.3) is 5.88 Å². The molecule has 21 heavy (non-hydrogen) atoms. The average Bonchev–Trinajstić information content (AvgIpc) is 2.39. The Morgan fingerprint density at radius 3 is 2.57 bits per heavy atom. The molecule has 0 atom stereocenters. The van der Waals surface area contributed by atoms with Gasteiger partial charge in [0.1, 0.15) is 0 Å². The van der Waals surface area contributed by atoms with Crippen LogP contribution in [0.15, 0.2) is 6.07 Å². The summed E-state index contributed by atoms with van der Waals surface area (Å²) < 4.78 is 50.8. The Hall–Kier alpha value is -2.03. The highest BCUT2D eigenvalue weighted by atomic mass is 19.4. The van der Waals surface area contributed by atoms with Crippen LogP contribution in [0.1, 0.15) is 18.2 Å². The highest BCUT2D eigenvalue weighted by Crippen LogP contribution is 2.35. The van der Waals surface area contributed by atoms with Gasteiger partial charge in [-0.1, -0.05) is 0 Å². The van der Waals surface area contributed by atoms with Crippen LogP contribution in [0.4, 0.5) is 13.2 Å². The molecular formula is C12H15F3N2O4. The zero-order valence-electron chi connectivity index (χ0n) is 11.5. The quantitative estimate of drug-likeness (QED) is 0.803. The van der Waals surface area contributed by atoms with Crippen molar-refractivity contribution in [3.63, 3.8) is 0 Å². The molecule has 0 aliphatic heterocycles. The predicted octanol–water partition coefficient (Wildman–Crippen LogP) is 1.55. The molecule has 0 saturated carbocycles. The van der Waals surface area contributed by atoms with Gasteiger partial charge in [0, 0.05) is 12.1 Å². The number of carbonyl (C=O) groups is 1. The summed E-state index contributed by atoms with van der Waals surface area (Å²) in [4.78, 5) is 15.3. The standard InChI is InChI=1S/C12H15F3N2O4/c1-3-20-9(18)5-7-4-8(6-16)17-11(19-2)10(7)21-12(13,14)15/h4H,3,5-6,16H2,1-2H3. The van der Waals surface area contributed by atoms with Gasteiger partial charge in [-0.15, -0.1) is 13.2 Å². The van der Waals surface area contributed by atoms with Crippen molar-refractivity contribution in [2.75, 3.05) is 13.7 Å². The molecule has 118 valence electrons. The maximum atomic E-state index is 12.5. The van der Waals surface area contributed by atoms with Crippen LogP contribution in [0.5, 0.6) is 11.6 Å². The minimum atomic E-state index is -4.94. The lowest BCUT2D eigenvalue weighted by Crippen LogP contribution is -2.20. The third kappa shape index (κ3) is 5.10. The number of aromatic nitrogens is 1. The summed E-state index contributed by atoms with van der Waals surface area (Å²) >= 11 is 0. The molecule has 1 aromatic heterocycles. The molecule has 0 spiro atoms. The van der Waals surface area contributed by atoms with E-state index in [1.165, 1.54) is 6.07 Å². The second kappa shape index (κ2) is 7.11. The Kier molecular flexibility index (Phi) is 5.77. The Morgan fingerprint density at radius 2 is 2.10 bits per heavy atom. The fourth-order valence-electron chi connectivity index (χ4n) is 1.58. The van der Waals surface area contributed by atoms with Crippen molar-refractivity contribution in [1.29, 1.82) is 0 Å². The molecule has 0 aliphatic carbocycles. The highest BCUT2D eigenvalue weighted by Gasteiger charge is 2.34. The zero-order chi connectivity index (χ0) is 16.0. The number of carbonyl (C=O) groups excluding carboxylic acids is 1. The second-order valence-corrected chi connectivity index (χ2v) is 3.84. The molecule has 1 aromatic rings. The monoisotopic (exact) mass is 308 g/mol. The van der Waals surface area contributed by atoms with Crippen molar-refractivity contribution in [2.45, 2.75) is 26.3 Å². The topological polar surface area (TPSA) is 83.7 Å². The van der Waals surface area contributed by atoms with Gasteiger partial charge in [0.15, 0.2) is 5.75 Å². The van der Waals surface area contributed by atoms with Gasteiger partial charge >= 0.3 is 12.3 Å². The van der Waals surface area contributed by atoms with E-state index in [0.29, 0.717) is 0 Å². The Bertz CT molecular complexity index is 506. The number of ether oxygens (including phenoxy) is 3. The Balaban J connectivity index is 3.24. The normalized spacial score (nSPS) is 11.1. The van der Waals surface area contributed by atoms with Gasteiger partial charge in [0.05, 0.1) is 25.8 Å². The lowest BCUT2D eigenvalue weighted by atomic mass is 10.1. The van der Waals surface area contributed by atoms with E-state index < -0.39 is 30.4 Å². The molecule has 1 heterocycles. The van der Waals surface area contributed by atoms with Crippen LogP contribution < -0.4 is 15.2 Å². The first-order chi connectivity index (χ1) is 9.80. The summed E-state index contributed by atoms with van der Waals surface area (Å²) in [6, 6.07) is 1.25. The van der Waals surface area contributed by atoms with Gasteiger partial charge in [-0.3, -0.25) is 4.79 Å².